The summed E-state index contributed by atoms with van der Waals surface area (Å²) < 4.78 is 0. The molecule has 10 heteroatoms. The summed E-state index contributed by atoms with van der Waals surface area (Å²) in [6.07, 6.45) is 0. The van der Waals surface area contributed by atoms with Crippen molar-refractivity contribution in [1.82, 2.24) is 0 Å². The van der Waals surface area contributed by atoms with E-state index in [4.69, 9.17) is 30.6 Å². The molecule has 0 amide bonds. The molecule has 0 N–H and O–H groups in total. The van der Waals surface area contributed by atoms with Crippen LogP contribution in [0.2, 0.25) is 0 Å². The van der Waals surface area contributed by atoms with E-state index >= 15 is 0 Å². The van der Waals surface area contributed by atoms with Gasteiger partial charge in [0.05, 0.1) is 10.2 Å². The average molecular weight is 272 g/mol. The first-order chi connectivity index (χ1) is 3.46. The molecule has 0 aromatic rings. The molecule has 60 valence electrons. The first kappa shape index (κ1) is 22.4. The van der Waals surface area contributed by atoms with Crippen LogP contribution in [0.1, 0.15) is 2.85 Å². The first-order valence-electron chi connectivity index (χ1n) is 1.10. The molecule has 0 fully saturated rings. The van der Waals surface area contributed by atoms with Gasteiger partial charge in [-0.3, -0.25) is 0 Å². The van der Waals surface area contributed by atoms with Gasteiger partial charge >= 0.3 is 62.0 Å². The monoisotopic (exact) mass is 272 g/mol. The zero-order valence-electron chi connectivity index (χ0n) is 6.37. The fourth-order valence-corrected chi connectivity index (χ4v) is 0. The van der Waals surface area contributed by atoms with E-state index in [1.165, 1.54) is 0 Å². The van der Waals surface area contributed by atoms with Crippen LogP contribution in [0.3, 0.4) is 0 Å². The molecule has 0 bridgehead atoms. The van der Waals surface area contributed by atoms with Crippen molar-refractivity contribution in [2.75, 3.05) is 0 Å². The van der Waals surface area contributed by atoms with Gasteiger partial charge in [-0.25, -0.2) is 0 Å². The third kappa shape index (κ3) is 3250. The van der Waals surface area contributed by atoms with Crippen molar-refractivity contribution < 1.29 is 29.5 Å². The molecule has 0 spiro atoms. The van der Waals surface area contributed by atoms with Gasteiger partial charge in [0, 0.05) is 0 Å². The SMILES string of the molecule is O=[N+]([O-])[O-].O=[N+]([O-])[O-].[H-].[H-].[Ni+2].[Sr+2]. The number of nitrogens with zero attached hydrogens (tertiary/aromatic N) is 2. The molecule has 0 heterocycles. The minimum absolute atomic E-state index is 0. The van der Waals surface area contributed by atoms with Gasteiger partial charge in [0.2, 0.25) is 0 Å². The van der Waals surface area contributed by atoms with E-state index in [1.54, 1.807) is 0 Å². The van der Waals surface area contributed by atoms with Crippen LogP contribution in [0, 0.1) is 30.6 Å². The maximum absolute atomic E-state index is 8.25. The predicted octanol–water partition coefficient (Wildman–Crippen LogP) is -0.637. The smallest absolute Gasteiger partial charge is 1.00 e. The minimum atomic E-state index is -1.75. The molecule has 0 aliphatic carbocycles. The molecule has 0 aromatic heterocycles. The summed E-state index contributed by atoms with van der Waals surface area (Å²) >= 11 is 0. The van der Waals surface area contributed by atoms with Crippen molar-refractivity contribution in [3.8, 4) is 0 Å². The van der Waals surface area contributed by atoms with Gasteiger partial charge in [-0.15, -0.1) is 0 Å². The molecule has 0 radical (unpaired) electrons. The summed E-state index contributed by atoms with van der Waals surface area (Å²) in [5.74, 6) is 0. The van der Waals surface area contributed by atoms with Crippen molar-refractivity contribution in [2.24, 2.45) is 0 Å². The molecule has 0 aliphatic rings. The van der Waals surface area contributed by atoms with Gasteiger partial charge in [0.25, 0.3) is 0 Å². The Morgan fingerprint density at radius 3 is 0.900 bits per heavy atom. The second kappa shape index (κ2) is 16.2. The Morgan fingerprint density at radius 2 is 0.900 bits per heavy atom. The van der Waals surface area contributed by atoms with Gasteiger partial charge in [0.15, 0.2) is 0 Å². The van der Waals surface area contributed by atoms with Gasteiger partial charge in [-0.05, 0) is 0 Å². The summed E-state index contributed by atoms with van der Waals surface area (Å²) in [5, 5.41) is 29.5. The van der Waals surface area contributed by atoms with E-state index in [0.29, 0.717) is 0 Å². The van der Waals surface area contributed by atoms with Crippen LogP contribution in [0.4, 0.5) is 0 Å². The zero-order chi connectivity index (χ0) is 7.15. The second-order valence-corrected chi connectivity index (χ2v) is 0.447. The summed E-state index contributed by atoms with van der Waals surface area (Å²) in [7, 11) is 0. The van der Waals surface area contributed by atoms with Crippen molar-refractivity contribution in [3.63, 3.8) is 0 Å². The maximum Gasteiger partial charge on any atom is 2.00 e. The van der Waals surface area contributed by atoms with Crippen molar-refractivity contribution in [1.29, 1.82) is 0 Å². The van der Waals surface area contributed by atoms with Crippen molar-refractivity contribution in [3.05, 3.63) is 30.6 Å². The number of rotatable bonds is 0. The molecular weight excluding hydrogens is 270 g/mol. The van der Waals surface area contributed by atoms with Crippen LogP contribution < -0.4 is 0 Å². The van der Waals surface area contributed by atoms with Crippen LogP contribution in [0.25, 0.3) is 0 Å². The molecule has 8 nitrogen and oxygen atoms in total. The first-order valence-corrected chi connectivity index (χ1v) is 1.10. The van der Waals surface area contributed by atoms with Crippen molar-refractivity contribution >= 4 is 45.5 Å². The van der Waals surface area contributed by atoms with Gasteiger partial charge < -0.3 is 33.5 Å². The van der Waals surface area contributed by atoms with Crippen LogP contribution in [-0.2, 0) is 16.5 Å². The maximum atomic E-state index is 8.25. The quantitative estimate of drug-likeness (QED) is 0.327. The van der Waals surface area contributed by atoms with Gasteiger partial charge in [0.1, 0.15) is 0 Å². The average Bonchev–Trinajstić information content (AvgIpc) is 1.25. The fraction of sp³-hybridized carbons (Fsp3) is 0. The fourth-order valence-electron chi connectivity index (χ4n) is 0. The summed E-state index contributed by atoms with van der Waals surface area (Å²) in [4.78, 5) is 16.5. The Labute approximate surface area is 105 Å². The van der Waals surface area contributed by atoms with Gasteiger partial charge in [-0.2, -0.15) is 0 Å². The molecule has 0 aliphatic heterocycles. The molecular formula is H2N2NiO6Sr. The molecule has 0 saturated heterocycles. The summed E-state index contributed by atoms with van der Waals surface area (Å²) in [6.45, 7) is 0. The van der Waals surface area contributed by atoms with Crippen LogP contribution in [0.5, 0.6) is 0 Å². The van der Waals surface area contributed by atoms with Crippen LogP contribution in [-0.4, -0.2) is 55.7 Å². The second-order valence-electron chi connectivity index (χ2n) is 0.447. The number of hydrogen-bond acceptors (Lipinski definition) is 6. The molecule has 0 rings (SSSR count). The Hall–Kier alpha value is 0.374. The molecule has 0 unspecified atom stereocenters. The van der Waals surface area contributed by atoms with Crippen LogP contribution >= 0.6 is 0 Å². The Kier molecular flexibility index (Phi) is 36.3. The van der Waals surface area contributed by atoms with E-state index in [9.17, 15) is 0 Å². The predicted molar refractivity (Wildman–Crippen MR) is 28.7 cm³/mol. The standard InChI is InChI=1S/2NO3.Ni.Sr.2H/c2*2-1(3)4;;;;/q2*-1;2*+2;2*-1. The minimum Gasteiger partial charge on any atom is -1.00 e. The Morgan fingerprint density at radius 1 is 0.900 bits per heavy atom. The molecule has 10 heavy (non-hydrogen) atoms. The molecule has 0 aromatic carbocycles. The van der Waals surface area contributed by atoms with Crippen LogP contribution in [0.15, 0.2) is 0 Å². The third-order valence-corrected chi connectivity index (χ3v) is 0. The molecule has 0 atom stereocenters. The van der Waals surface area contributed by atoms with E-state index in [2.05, 4.69) is 0 Å². The summed E-state index contributed by atoms with van der Waals surface area (Å²) in [5.41, 5.74) is 0. The van der Waals surface area contributed by atoms with E-state index in [-0.39, 0.29) is 64.8 Å². The zero-order valence-corrected chi connectivity index (χ0v) is 8.83. The summed E-state index contributed by atoms with van der Waals surface area (Å²) in [6, 6.07) is 0. The largest absolute Gasteiger partial charge is 2.00 e. The Bertz CT molecular complexity index is 81.5. The van der Waals surface area contributed by atoms with Gasteiger partial charge in [-0.1, -0.05) is 0 Å². The Balaban J connectivity index is -0.0000000112. The normalized spacial score (nSPS) is 4.80. The number of hydrogen-bond donors (Lipinski definition) is 0. The van der Waals surface area contributed by atoms with E-state index in [0.717, 1.165) is 0 Å². The topological polar surface area (TPSA) is 132 Å². The third-order valence-electron chi connectivity index (χ3n) is 0. The molecule has 0 saturated carbocycles. The van der Waals surface area contributed by atoms with E-state index < -0.39 is 10.2 Å². The van der Waals surface area contributed by atoms with Crippen molar-refractivity contribution in [2.45, 2.75) is 0 Å². The van der Waals surface area contributed by atoms with E-state index in [1.807, 2.05) is 0 Å².